The molecule has 0 bridgehead atoms. The number of sulfone groups is 1. The van der Waals surface area contributed by atoms with Crippen LogP contribution >= 0.6 is 0 Å². The van der Waals surface area contributed by atoms with Crippen molar-refractivity contribution < 1.29 is 13.5 Å². The van der Waals surface area contributed by atoms with Crippen LogP contribution in [0.1, 0.15) is 25.0 Å². The molecule has 0 spiro atoms. The van der Waals surface area contributed by atoms with Crippen LogP contribution in [0.4, 0.5) is 0 Å². The van der Waals surface area contributed by atoms with Gasteiger partial charge in [-0.2, -0.15) is 0 Å². The summed E-state index contributed by atoms with van der Waals surface area (Å²) in [7, 11) is -3.22. The zero-order valence-electron chi connectivity index (χ0n) is 9.27. The van der Waals surface area contributed by atoms with Crippen molar-refractivity contribution in [2.75, 3.05) is 0 Å². The van der Waals surface area contributed by atoms with Crippen LogP contribution < -0.4 is 0 Å². The third-order valence-corrected chi connectivity index (χ3v) is 4.27. The molecule has 0 saturated carbocycles. The Balaban J connectivity index is 2.50. The normalized spacial score (nSPS) is 19.1. The van der Waals surface area contributed by atoms with Gasteiger partial charge >= 0.3 is 0 Å². The maximum Gasteiger partial charge on any atom is 0.200 e. The van der Waals surface area contributed by atoms with Gasteiger partial charge in [-0.3, -0.25) is 0 Å². The van der Waals surface area contributed by atoms with E-state index in [1.807, 2.05) is 6.07 Å². The predicted molar refractivity (Wildman–Crippen MR) is 62.7 cm³/mol. The van der Waals surface area contributed by atoms with Crippen molar-refractivity contribution in [3.63, 3.8) is 0 Å². The van der Waals surface area contributed by atoms with Crippen LogP contribution in [0.5, 0.6) is 0 Å². The number of hydrogen-bond acceptors (Lipinski definition) is 3. The highest BCUT2D eigenvalue weighted by Gasteiger charge is 2.24. The van der Waals surface area contributed by atoms with E-state index < -0.39 is 15.9 Å². The Bertz CT molecular complexity index is 554. The Morgan fingerprint density at radius 1 is 1.38 bits per heavy atom. The predicted octanol–water partition coefficient (Wildman–Crippen LogP) is 1.76. The van der Waals surface area contributed by atoms with Gasteiger partial charge in [-0.15, -0.1) is 0 Å². The lowest BCUT2D eigenvalue weighted by atomic mass is 10.0. The third-order valence-electron chi connectivity index (χ3n) is 2.64. The Labute approximate surface area is 95.3 Å². The molecule has 86 valence electrons. The van der Waals surface area contributed by atoms with Gasteiger partial charge in [0.25, 0.3) is 0 Å². The zero-order chi connectivity index (χ0) is 11.9. The van der Waals surface area contributed by atoms with Gasteiger partial charge < -0.3 is 5.11 Å². The lowest BCUT2D eigenvalue weighted by Crippen LogP contribution is -2.04. The van der Waals surface area contributed by atoms with Gasteiger partial charge in [-0.05, 0) is 43.0 Å². The van der Waals surface area contributed by atoms with Crippen LogP contribution in [0.2, 0.25) is 0 Å². The number of aliphatic hydroxyl groups is 1. The molecular formula is C12H14O3S. The minimum Gasteiger partial charge on any atom is -0.393 e. The molecule has 1 aromatic carbocycles. The van der Waals surface area contributed by atoms with Crippen molar-refractivity contribution in [2.45, 2.75) is 31.3 Å². The van der Waals surface area contributed by atoms with Gasteiger partial charge in [-0.25, -0.2) is 8.42 Å². The largest absolute Gasteiger partial charge is 0.393 e. The highest BCUT2D eigenvalue weighted by Crippen LogP contribution is 2.33. The summed E-state index contributed by atoms with van der Waals surface area (Å²) in [5, 5.41) is 10.6. The van der Waals surface area contributed by atoms with E-state index in [1.54, 1.807) is 26.0 Å². The molecule has 1 heterocycles. The average Bonchev–Trinajstić information content (AvgIpc) is 2.36. The third kappa shape index (κ3) is 1.90. The van der Waals surface area contributed by atoms with Crippen LogP contribution in [0.3, 0.4) is 0 Å². The molecule has 1 aromatic rings. The molecule has 0 radical (unpaired) electrons. The Morgan fingerprint density at radius 2 is 2.06 bits per heavy atom. The van der Waals surface area contributed by atoms with Crippen LogP contribution in [0.15, 0.2) is 28.5 Å². The molecule has 1 aliphatic heterocycles. The lowest BCUT2D eigenvalue weighted by Gasteiger charge is -2.07. The molecule has 1 aliphatic rings. The number of aliphatic hydroxyl groups excluding tert-OH is 1. The summed E-state index contributed by atoms with van der Waals surface area (Å²) in [5.74, 6) is 0. The fraction of sp³-hybridized carbons (Fsp3) is 0.333. The van der Waals surface area contributed by atoms with Gasteiger partial charge in [0.15, 0.2) is 0 Å². The van der Waals surface area contributed by atoms with Crippen molar-refractivity contribution in [3.05, 3.63) is 34.7 Å². The van der Waals surface area contributed by atoms with E-state index >= 15 is 0 Å². The van der Waals surface area contributed by atoms with Crippen LogP contribution in [0.25, 0.3) is 5.57 Å². The summed E-state index contributed by atoms with van der Waals surface area (Å²) in [6.45, 7) is 3.50. The molecule has 0 aromatic heterocycles. The minimum absolute atomic E-state index is 0.374. The topological polar surface area (TPSA) is 54.4 Å². The first-order valence-corrected chi connectivity index (χ1v) is 6.69. The SMILES string of the molecule is CC1=CS(=O)(=O)c2ccc(CC(C)O)cc21. The summed E-state index contributed by atoms with van der Waals surface area (Å²) >= 11 is 0. The summed E-state index contributed by atoms with van der Waals surface area (Å²) in [6.07, 6.45) is 0.126. The van der Waals surface area contributed by atoms with Crippen molar-refractivity contribution >= 4 is 15.4 Å². The second kappa shape index (κ2) is 3.71. The van der Waals surface area contributed by atoms with E-state index in [9.17, 15) is 13.5 Å². The Hall–Kier alpha value is -1.13. The fourth-order valence-corrected chi connectivity index (χ4v) is 3.46. The van der Waals surface area contributed by atoms with Gasteiger partial charge in [0.05, 0.1) is 11.0 Å². The second-order valence-electron chi connectivity index (χ2n) is 4.23. The minimum atomic E-state index is -3.22. The van der Waals surface area contributed by atoms with Gasteiger partial charge in [0.1, 0.15) is 0 Å². The highest BCUT2D eigenvalue weighted by molar-refractivity contribution is 7.95. The molecule has 1 N–H and O–H groups in total. The zero-order valence-corrected chi connectivity index (χ0v) is 10.1. The Morgan fingerprint density at radius 3 is 2.69 bits per heavy atom. The molecule has 1 atom stereocenters. The molecule has 1 unspecified atom stereocenters. The molecule has 4 heteroatoms. The lowest BCUT2D eigenvalue weighted by molar-refractivity contribution is 0.195. The number of rotatable bonds is 2. The summed E-state index contributed by atoms with van der Waals surface area (Å²) in [5.41, 5.74) is 2.49. The van der Waals surface area contributed by atoms with Crippen LogP contribution in [0, 0.1) is 0 Å². The first-order valence-electron chi connectivity index (χ1n) is 5.15. The molecule has 0 fully saturated rings. The smallest absolute Gasteiger partial charge is 0.200 e. The van der Waals surface area contributed by atoms with E-state index in [0.717, 1.165) is 16.7 Å². The molecule has 0 saturated heterocycles. The molecule has 3 nitrogen and oxygen atoms in total. The molecule has 0 aliphatic carbocycles. The number of allylic oxidation sites excluding steroid dienone is 1. The maximum absolute atomic E-state index is 11.7. The van der Waals surface area contributed by atoms with E-state index in [1.165, 1.54) is 5.41 Å². The summed E-state index contributed by atoms with van der Waals surface area (Å²) in [6, 6.07) is 5.23. The van der Waals surface area contributed by atoms with Crippen LogP contribution in [-0.2, 0) is 16.3 Å². The summed E-state index contributed by atoms with van der Waals surface area (Å²) < 4.78 is 23.3. The van der Waals surface area contributed by atoms with Gasteiger partial charge in [-0.1, -0.05) is 12.1 Å². The van der Waals surface area contributed by atoms with Crippen LogP contribution in [-0.4, -0.2) is 19.6 Å². The van der Waals surface area contributed by atoms with E-state index in [2.05, 4.69) is 0 Å². The van der Waals surface area contributed by atoms with Crippen molar-refractivity contribution in [1.82, 2.24) is 0 Å². The van der Waals surface area contributed by atoms with Crippen molar-refractivity contribution in [1.29, 1.82) is 0 Å². The second-order valence-corrected chi connectivity index (χ2v) is 6.00. The molecule has 0 amide bonds. The first-order chi connectivity index (χ1) is 7.40. The van der Waals surface area contributed by atoms with E-state index in [4.69, 9.17) is 0 Å². The monoisotopic (exact) mass is 238 g/mol. The molecule has 2 rings (SSSR count). The van der Waals surface area contributed by atoms with E-state index in [0.29, 0.717) is 11.3 Å². The summed E-state index contributed by atoms with van der Waals surface area (Å²) in [4.78, 5) is 0.374. The molecule has 16 heavy (non-hydrogen) atoms. The standard InChI is InChI=1S/C12H14O3S/c1-8-7-16(14,15)12-4-3-10(5-9(2)13)6-11(8)12/h3-4,6-7,9,13H,5H2,1-2H3. The highest BCUT2D eigenvalue weighted by atomic mass is 32.2. The van der Waals surface area contributed by atoms with Gasteiger partial charge in [0.2, 0.25) is 9.84 Å². The fourth-order valence-electron chi connectivity index (χ4n) is 1.96. The van der Waals surface area contributed by atoms with E-state index in [-0.39, 0.29) is 0 Å². The average molecular weight is 238 g/mol. The number of benzene rings is 1. The number of hydrogen-bond donors (Lipinski definition) is 1. The Kier molecular flexibility index (Phi) is 2.64. The first kappa shape index (κ1) is 11.4. The quantitative estimate of drug-likeness (QED) is 0.854. The molecular weight excluding hydrogens is 224 g/mol. The van der Waals surface area contributed by atoms with Crippen molar-refractivity contribution in [2.24, 2.45) is 0 Å². The van der Waals surface area contributed by atoms with Crippen molar-refractivity contribution in [3.8, 4) is 0 Å². The maximum atomic E-state index is 11.7. The number of fused-ring (bicyclic) bond motifs is 1. The van der Waals surface area contributed by atoms with Gasteiger partial charge in [0, 0.05) is 5.41 Å².